The van der Waals surface area contributed by atoms with Crippen LogP contribution in [0.4, 0.5) is 0 Å². The Labute approximate surface area is 157 Å². The van der Waals surface area contributed by atoms with Crippen molar-refractivity contribution in [3.05, 3.63) is 90.0 Å². The predicted octanol–water partition coefficient (Wildman–Crippen LogP) is 3.93. The third kappa shape index (κ3) is 3.67. The van der Waals surface area contributed by atoms with Gasteiger partial charge in [0.15, 0.2) is 5.65 Å². The fourth-order valence-corrected chi connectivity index (χ4v) is 3.00. The molecule has 0 spiro atoms. The van der Waals surface area contributed by atoms with Gasteiger partial charge >= 0.3 is 0 Å². The first-order chi connectivity index (χ1) is 13.2. The molecule has 0 saturated carbocycles. The number of benzene rings is 1. The molecule has 0 bridgehead atoms. The second kappa shape index (κ2) is 7.33. The average Bonchev–Trinajstić information content (AvgIpc) is 2.72. The van der Waals surface area contributed by atoms with Crippen LogP contribution in [0.3, 0.4) is 0 Å². The second-order valence-corrected chi connectivity index (χ2v) is 6.30. The SMILES string of the molecule is Cc1nc2ncccc2cc1C(=O)NCc1cccc(-c2cccnc2)c1. The number of carbonyl (C=O) groups is 1. The first-order valence-electron chi connectivity index (χ1n) is 8.70. The van der Waals surface area contributed by atoms with Gasteiger partial charge in [0.25, 0.3) is 5.91 Å². The molecule has 0 unspecified atom stereocenters. The van der Waals surface area contributed by atoms with Crippen molar-refractivity contribution in [2.24, 2.45) is 0 Å². The van der Waals surface area contributed by atoms with E-state index >= 15 is 0 Å². The van der Waals surface area contributed by atoms with Crippen LogP contribution in [0, 0.1) is 6.92 Å². The molecule has 0 saturated heterocycles. The lowest BCUT2D eigenvalue weighted by Gasteiger charge is -2.10. The van der Waals surface area contributed by atoms with Gasteiger partial charge in [0.05, 0.1) is 11.3 Å². The highest BCUT2D eigenvalue weighted by Gasteiger charge is 2.12. The van der Waals surface area contributed by atoms with Crippen LogP contribution < -0.4 is 5.32 Å². The van der Waals surface area contributed by atoms with Gasteiger partial charge in [-0.1, -0.05) is 24.3 Å². The third-order valence-corrected chi connectivity index (χ3v) is 4.40. The zero-order valence-corrected chi connectivity index (χ0v) is 14.9. The maximum absolute atomic E-state index is 12.7. The third-order valence-electron chi connectivity index (χ3n) is 4.40. The van der Waals surface area contributed by atoms with Crippen molar-refractivity contribution in [2.75, 3.05) is 0 Å². The predicted molar refractivity (Wildman–Crippen MR) is 105 cm³/mol. The summed E-state index contributed by atoms with van der Waals surface area (Å²) in [5.41, 5.74) is 5.03. The monoisotopic (exact) mass is 354 g/mol. The quantitative estimate of drug-likeness (QED) is 0.603. The Morgan fingerprint density at radius 3 is 2.70 bits per heavy atom. The number of aryl methyl sites for hydroxylation is 1. The lowest BCUT2D eigenvalue weighted by atomic mass is 10.0. The molecular weight excluding hydrogens is 336 g/mol. The average molecular weight is 354 g/mol. The fraction of sp³-hybridized carbons (Fsp3) is 0.0909. The molecule has 27 heavy (non-hydrogen) atoms. The van der Waals surface area contributed by atoms with Crippen LogP contribution >= 0.6 is 0 Å². The van der Waals surface area contributed by atoms with Gasteiger partial charge in [-0.2, -0.15) is 0 Å². The Kier molecular flexibility index (Phi) is 4.58. The number of fused-ring (bicyclic) bond motifs is 1. The van der Waals surface area contributed by atoms with Gasteiger partial charge in [0.1, 0.15) is 0 Å². The van der Waals surface area contributed by atoms with E-state index in [2.05, 4.69) is 26.3 Å². The summed E-state index contributed by atoms with van der Waals surface area (Å²) in [6.07, 6.45) is 5.28. The molecule has 1 amide bonds. The number of pyridine rings is 3. The van der Waals surface area contributed by atoms with E-state index in [9.17, 15) is 4.79 Å². The molecule has 4 aromatic rings. The summed E-state index contributed by atoms with van der Waals surface area (Å²) < 4.78 is 0. The van der Waals surface area contributed by atoms with Gasteiger partial charge in [-0.15, -0.1) is 0 Å². The maximum atomic E-state index is 12.7. The van der Waals surface area contributed by atoms with E-state index in [1.165, 1.54) is 0 Å². The van der Waals surface area contributed by atoms with Gasteiger partial charge in [-0.05, 0) is 53.9 Å². The van der Waals surface area contributed by atoms with Crippen molar-refractivity contribution in [3.63, 3.8) is 0 Å². The van der Waals surface area contributed by atoms with Crippen LogP contribution in [-0.4, -0.2) is 20.9 Å². The molecule has 0 aliphatic rings. The van der Waals surface area contributed by atoms with Crippen molar-refractivity contribution in [2.45, 2.75) is 13.5 Å². The molecule has 0 aliphatic carbocycles. The van der Waals surface area contributed by atoms with Crippen LogP contribution in [0.1, 0.15) is 21.6 Å². The van der Waals surface area contributed by atoms with Crippen LogP contribution in [0.15, 0.2) is 73.2 Å². The summed E-state index contributed by atoms with van der Waals surface area (Å²) in [6, 6.07) is 17.6. The number of hydrogen-bond donors (Lipinski definition) is 1. The van der Waals surface area contributed by atoms with Crippen LogP contribution in [-0.2, 0) is 6.54 Å². The zero-order valence-electron chi connectivity index (χ0n) is 14.9. The molecule has 5 nitrogen and oxygen atoms in total. The zero-order chi connectivity index (χ0) is 18.6. The van der Waals surface area contributed by atoms with Crippen molar-refractivity contribution < 1.29 is 4.79 Å². The summed E-state index contributed by atoms with van der Waals surface area (Å²) in [6.45, 7) is 2.27. The molecule has 1 aromatic carbocycles. The largest absolute Gasteiger partial charge is 0.348 e. The highest BCUT2D eigenvalue weighted by Crippen LogP contribution is 2.19. The standard InChI is InChI=1S/C22H18N4O/c1-15-20(12-18-7-4-10-24-21(18)26-15)22(27)25-13-16-5-2-6-17(11-16)19-8-3-9-23-14-19/h2-12,14H,13H2,1H3,(H,25,27). The van der Waals surface area contributed by atoms with Crippen LogP contribution in [0.25, 0.3) is 22.2 Å². The minimum Gasteiger partial charge on any atom is -0.348 e. The number of aromatic nitrogens is 3. The van der Waals surface area contributed by atoms with Crippen LogP contribution in [0.5, 0.6) is 0 Å². The fourth-order valence-electron chi connectivity index (χ4n) is 3.00. The summed E-state index contributed by atoms with van der Waals surface area (Å²) in [5.74, 6) is -0.141. The minimum atomic E-state index is -0.141. The Morgan fingerprint density at radius 1 is 1.00 bits per heavy atom. The lowest BCUT2D eigenvalue weighted by molar-refractivity contribution is 0.0950. The van der Waals surface area contributed by atoms with Crippen molar-refractivity contribution in [1.82, 2.24) is 20.3 Å². The molecule has 132 valence electrons. The van der Waals surface area contributed by atoms with E-state index in [1.807, 2.05) is 61.7 Å². The first-order valence-corrected chi connectivity index (χ1v) is 8.70. The minimum absolute atomic E-state index is 0.141. The summed E-state index contributed by atoms with van der Waals surface area (Å²) in [5, 5.41) is 3.84. The Balaban J connectivity index is 1.52. The Hall–Kier alpha value is -3.60. The van der Waals surface area contributed by atoms with E-state index in [1.54, 1.807) is 12.4 Å². The highest BCUT2D eigenvalue weighted by molar-refractivity contribution is 5.98. The highest BCUT2D eigenvalue weighted by atomic mass is 16.1. The van der Waals surface area contributed by atoms with Crippen molar-refractivity contribution >= 4 is 16.9 Å². The van der Waals surface area contributed by atoms with E-state index in [0.29, 0.717) is 23.4 Å². The molecule has 3 aromatic heterocycles. The normalized spacial score (nSPS) is 10.7. The molecule has 0 atom stereocenters. The number of hydrogen-bond acceptors (Lipinski definition) is 4. The molecule has 3 heterocycles. The summed E-state index contributed by atoms with van der Waals surface area (Å²) >= 11 is 0. The van der Waals surface area contributed by atoms with Gasteiger partial charge in [0.2, 0.25) is 0 Å². The van der Waals surface area contributed by atoms with Gasteiger partial charge in [-0.3, -0.25) is 9.78 Å². The molecule has 0 radical (unpaired) electrons. The second-order valence-electron chi connectivity index (χ2n) is 6.30. The van der Waals surface area contributed by atoms with Gasteiger partial charge in [-0.25, -0.2) is 9.97 Å². The molecule has 0 aliphatic heterocycles. The molecule has 0 fully saturated rings. The van der Waals surface area contributed by atoms with E-state index in [0.717, 1.165) is 22.1 Å². The first kappa shape index (κ1) is 16.8. The summed E-state index contributed by atoms with van der Waals surface area (Å²) in [4.78, 5) is 25.5. The van der Waals surface area contributed by atoms with E-state index < -0.39 is 0 Å². The smallest absolute Gasteiger partial charge is 0.253 e. The molecule has 5 heteroatoms. The summed E-state index contributed by atoms with van der Waals surface area (Å²) in [7, 11) is 0. The number of nitrogens with one attached hydrogen (secondary N) is 1. The van der Waals surface area contributed by atoms with Crippen molar-refractivity contribution in [3.8, 4) is 11.1 Å². The lowest BCUT2D eigenvalue weighted by Crippen LogP contribution is -2.24. The van der Waals surface area contributed by atoms with Gasteiger partial charge < -0.3 is 5.32 Å². The Morgan fingerprint density at radius 2 is 1.85 bits per heavy atom. The molecular formula is C22H18N4O. The number of amides is 1. The van der Waals surface area contributed by atoms with Gasteiger partial charge in [0, 0.05) is 30.5 Å². The topological polar surface area (TPSA) is 67.8 Å². The van der Waals surface area contributed by atoms with E-state index in [4.69, 9.17) is 0 Å². The number of rotatable bonds is 4. The van der Waals surface area contributed by atoms with E-state index in [-0.39, 0.29) is 5.91 Å². The Bertz CT molecular complexity index is 1110. The molecule has 4 rings (SSSR count). The number of nitrogens with zero attached hydrogens (tertiary/aromatic N) is 3. The molecule has 1 N–H and O–H groups in total. The maximum Gasteiger partial charge on any atom is 0.253 e. The van der Waals surface area contributed by atoms with Crippen molar-refractivity contribution in [1.29, 1.82) is 0 Å². The number of carbonyl (C=O) groups excluding carboxylic acids is 1. The van der Waals surface area contributed by atoms with Crippen LogP contribution in [0.2, 0.25) is 0 Å².